The van der Waals surface area contributed by atoms with Crippen LogP contribution in [0.25, 0.3) is 0 Å². The second-order valence-corrected chi connectivity index (χ2v) is 4.08. The van der Waals surface area contributed by atoms with E-state index in [2.05, 4.69) is 24.8 Å². The molecule has 0 spiro atoms. The highest BCUT2D eigenvalue weighted by Crippen LogP contribution is 2.21. The summed E-state index contributed by atoms with van der Waals surface area (Å²) >= 11 is 0. The van der Waals surface area contributed by atoms with Crippen LogP contribution in [0.3, 0.4) is 0 Å². The molecule has 0 aliphatic heterocycles. The van der Waals surface area contributed by atoms with Crippen LogP contribution in [0.2, 0.25) is 0 Å². The van der Waals surface area contributed by atoms with Crippen LogP contribution >= 0.6 is 0 Å². The van der Waals surface area contributed by atoms with E-state index in [1.807, 2.05) is 12.1 Å². The van der Waals surface area contributed by atoms with E-state index in [-0.39, 0.29) is 6.61 Å². The van der Waals surface area contributed by atoms with E-state index >= 15 is 0 Å². The normalized spacial score (nSPS) is 10.9. The predicted octanol–water partition coefficient (Wildman–Crippen LogP) is 2.07. The van der Waals surface area contributed by atoms with Crippen LogP contribution in [0.5, 0.6) is 5.75 Å². The average molecular weight is 237 g/mol. The van der Waals surface area contributed by atoms with Crippen molar-refractivity contribution in [3.05, 3.63) is 29.3 Å². The fourth-order valence-corrected chi connectivity index (χ4v) is 1.93. The van der Waals surface area contributed by atoms with Gasteiger partial charge < -0.3 is 9.84 Å². The summed E-state index contributed by atoms with van der Waals surface area (Å²) in [6.45, 7) is 7.47. The molecule has 3 nitrogen and oxygen atoms in total. The van der Waals surface area contributed by atoms with E-state index in [4.69, 9.17) is 9.84 Å². The zero-order valence-electron chi connectivity index (χ0n) is 11.1. The van der Waals surface area contributed by atoms with E-state index in [1.165, 1.54) is 5.56 Å². The third-order valence-electron chi connectivity index (χ3n) is 3.03. The molecule has 0 heterocycles. The molecule has 0 aliphatic carbocycles. The molecule has 0 amide bonds. The molecule has 0 aliphatic rings. The van der Waals surface area contributed by atoms with Crippen molar-refractivity contribution >= 4 is 0 Å². The molecule has 1 N–H and O–H groups in total. The summed E-state index contributed by atoms with van der Waals surface area (Å²) in [5.41, 5.74) is 2.36. The highest BCUT2D eigenvalue weighted by Gasteiger charge is 2.08. The van der Waals surface area contributed by atoms with Gasteiger partial charge in [-0.15, -0.1) is 0 Å². The standard InChI is InChI=1S/C14H23NO2/c1-4-15(5-2)11-13-10-12(8-9-16)6-7-14(13)17-3/h6-7,10,16H,4-5,8-9,11H2,1-3H3. The lowest BCUT2D eigenvalue weighted by Crippen LogP contribution is -2.22. The van der Waals surface area contributed by atoms with E-state index < -0.39 is 0 Å². The van der Waals surface area contributed by atoms with Crippen LogP contribution in [-0.4, -0.2) is 36.8 Å². The van der Waals surface area contributed by atoms with Crippen molar-refractivity contribution in [3.8, 4) is 5.75 Å². The van der Waals surface area contributed by atoms with Gasteiger partial charge in [0.2, 0.25) is 0 Å². The molecule has 3 heteroatoms. The zero-order chi connectivity index (χ0) is 12.7. The van der Waals surface area contributed by atoms with Gasteiger partial charge >= 0.3 is 0 Å². The quantitative estimate of drug-likeness (QED) is 0.788. The van der Waals surface area contributed by atoms with Crippen molar-refractivity contribution in [2.45, 2.75) is 26.8 Å². The molecule has 0 saturated heterocycles. The maximum Gasteiger partial charge on any atom is 0.123 e. The number of hydrogen-bond acceptors (Lipinski definition) is 3. The molecule has 1 aromatic rings. The van der Waals surface area contributed by atoms with Gasteiger partial charge in [-0.25, -0.2) is 0 Å². The second-order valence-electron chi connectivity index (χ2n) is 4.08. The molecule has 96 valence electrons. The largest absolute Gasteiger partial charge is 0.496 e. The summed E-state index contributed by atoms with van der Waals surface area (Å²) in [5, 5.41) is 8.97. The van der Waals surface area contributed by atoms with E-state index in [1.54, 1.807) is 7.11 Å². The lowest BCUT2D eigenvalue weighted by molar-refractivity contribution is 0.288. The van der Waals surface area contributed by atoms with Crippen molar-refractivity contribution in [1.82, 2.24) is 4.90 Å². The van der Waals surface area contributed by atoms with Crippen molar-refractivity contribution in [1.29, 1.82) is 0 Å². The lowest BCUT2D eigenvalue weighted by atomic mass is 10.1. The SMILES string of the molecule is CCN(CC)Cc1cc(CCO)ccc1OC. The first-order valence-electron chi connectivity index (χ1n) is 6.24. The van der Waals surface area contributed by atoms with Gasteiger partial charge in [0.1, 0.15) is 5.75 Å². The molecular formula is C14H23NO2. The highest BCUT2D eigenvalue weighted by molar-refractivity contribution is 5.37. The maximum absolute atomic E-state index is 8.97. The minimum atomic E-state index is 0.192. The fraction of sp³-hybridized carbons (Fsp3) is 0.571. The molecule has 0 radical (unpaired) electrons. The number of nitrogens with zero attached hydrogens (tertiary/aromatic N) is 1. The first-order chi connectivity index (χ1) is 8.24. The molecular weight excluding hydrogens is 214 g/mol. The smallest absolute Gasteiger partial charge is 0.123 e. The van der Waals surface area contributed by atoms with Crippen LogP contribution in [0.1, 0.15) is 25.0 Å². The van der Waals surface area contributed by atoms with Gasteiger partial charge in [-0.3, -0.25) is 4.90 Å². The van der Waals surface area contributed by atoms with Crippen molar-refractivity contribution in [2.24, 2.45) is 0 Å². The Morgan fingerprint density at radius 3 is 2.47 bits per heavy atom. The number of rotatable bonds is 7. The molecule has 0 saturated carbocycles. The first kappa shape index (κ1) is 14.0. The van der Waals surface area contributed by atoms with Crippen molar-refractivity contribution in [2.75, 3.05) is 26.8 Å². The minimum Gasteiger partial charge on any atom is -0.496 e. The Labute approximate surface area is 104 Å². The number of aliphatic hydroxyl groups excluding tert-OH is 1. The molecule has 0 atom stereocenters. The number of benzene rings is 1. The van der Waals surface area contributed by atoms with Gasteiger partial charge in [-0.1, -0.05) is 26.0 Å². The van der Waals surface area contributed by atoms with Gasteiger partial charge in [0.25, 0.3) is 0 Å². The van der Waals surface area contributed by atoms with Gasteiger partial charge in [-0.2, -0.15) is 0 Å². The summed E-state index contributed by atoms with van der Waals surface area (Å²) in [6, 6.07) is 6.14. The Balaban J connectivity index is 2.88. The Hall–Kier alpha value is -1.06. The Bertz CT molecular complexity index is 335. The number of hydrogen-bond donors (Lipinski definition) is 1. The molecule has 1 aromatic carbocycles. The predicted molar refractivity (Wildman–Crippen MR) is 70.4 cm³/mol. The number of methoxy groups -OCH3 is 1. The van der Waals surface area contributed by atoms with Gasteiger partial charge in [0.15, 0.2) is 0 Å². The molecule has 17 heavy (non-hydrogen) atoms. The van der Waals surface area contributed by atoms with E-state index in [0.717, 1.165) is 30.9 Å². The molecule has 0 fully saturated rings. The third-order valence-corrected chi connectivity index (χ3v) is 3.03. The zero-order valence-corrected chi connectivity index (χ0v) is 11.1. The summed E-state index contributed by atoms with van der Waals surface area (Å²) in [5.74, 6) is 0.929. The van der Waals surface area contributed by atoms with Crippen LogP contribution in [-0.2, 0) is 13.0 Å². The molecule has 0 unspecified atom stereocenters. The highest BCUT2D eigenvalue weighted by atomic mass is 16.5. The summed E-state index contributed by atoms with van der Waals surface area (Å²) in [6.07, 6.45) is 0.704. The van der Waals surface area contributed by atoms with Gasteiger partial charge in [0, 0.05) is 18.7 Å². The number of ether oxygens (including phenoxy) is 1. The minimum absolute atomic E-state index is 0.192. The summed E-state index contributed by atoms with van der Waals surface area (Å²) in [4.78, 5) is 2.35. The molecule has 0 bridgehead atoms. The Morgan fingerprint density at radius 1 is 1.24 bits per heavy atom. The first-order valence-corrected chi connectivity index (χ1v) is 6.24. The summed E-state index contributed by atoms with van der Waals surface area (Å²) < 4.78 is 5.38. The van der Waals surface area contributed by atoms with E-state index in [9.17, 15) is 0 Å². The molecule has 1 rings (SSSR count). The van der Waals surface area contributed by atoms with Gasteiger partial charge in [0.05, 0.1) is 7.11 Å². The van der Waals surface area contributed by atoms with Crippen LogP contribution < -0.4 is 4.74 Å². The topological polar surface area (TPSA) is 32.7 Å². The molecule has 0 aromatic heterocycles. The Morgan fingerprint density at radius 2 is 1.94 bits per heavy atom. The Kier molecular flexibility index (Phi) is 6.01. The average Bonchev–Trinajstić information content (AvgIpc) is 2.36. The summed E-state index contributed by atoms with van der Waals surface area (Å²) in [7, 11) is 1.70. The maximum atomic E-state index is 8.97. The van der Waals surface area contributed by atoms with Crippen LogP contribution in [0.15, 0.2) is 18.2 Å². The fourth-order valence-electron chi connectivity index (χ4n) is 1.93. The lowest BCUT2D eigenvalue weighted by Gasteiger charge is -2.20. The van der Waals surface area contributed by atoms with Gasteiger partial charge in [-0.05, 0) is 31.1 Å². The third kappa shape index (κ3) is 4.02. The van der Waals surface area contributed by atoms with E-state index in [0.29, 0.717) is 6.42 Å². The number of aliphatic hydroxyl groups is 1. The second kappa shape index (κ2) is 7.30. The van der Waals surface area contributed by atoms with Crippen LogP contribution in [0.4, 0.5) is 0 Å². The van der Waals surface area contributed by atoms with Crippen molar-refractivity contribution < 1.29 is 9.84 Å². The van der Waals surface area contributed by atoms with Crippen LogP contribution in [0, 0.1) is 0 Å². The monoisotopic (exact) mass is 237 g/mol. The van der Waals surface area contributed by atoms with Crippen molar-refractivity contribution in [3.63, 3.8) is 0 Å².